The summed E-state index contributed by atoms with van der Waals surface area (Å²) < 4.78 is 25.1. The molecule has 0 aromatic carbocycles. The third-order valence-electron chi connectivity index (χ3n) is 1.49. The van der Waals surface area contributed by atoms with Crippen LogP contribution >= 0.6 is 0 Å². The van der Waals surface area contributed by atoms with Crippen molar-refractivity contribution in [1.82, 2.24) is 0 Å². The fourth-order valence-electron chi connectivity index (χ4n) is 0.745. The van der Waals surface area contributed by atoms with Gasteiger partial charge in [-0.15, -0.1) is 0 Å². The summed E-state index contributed by atoms with van der Waals surface area (Å²) in [4.78, 5) is 0. The van der Waals surface area contributed by atoms with Gasteiger partial charge in [-0.05, 0) is 0 Å². The molecule has 0 unspecified atom stereocenters. The minimum absolute atomic E-state index is 1.42. The zero-order valence-electron chi connectivity index (χ0n) is 7.49. The van der Waals surface area contributed by atoms with Crippen LogP contribution in [0.15, 0.2) is 0 Å². The molecule has 11 heavy (non-hydrogen) atoms. The van der Waals surface area contributed by atoms with Crippen LogP contribution in [0.2, 0.25) is 0 Å². The fraction of sp³-hybridized carbons (Fsp3) is 1.00. The molecule has 0 N–H and O–H groups in total. The molecule has 0 atom stereocenters. The molecule has 0 aliphatic carbocycles. The van der Waals surface area contributed by atoms with Crippen LogP contribution in [0.3, 0.4) is 0 Å². The average Bonchev–Trinajstić information content (AvgIpc) is 2.12. The molecule has 0 saturated carbocycles. The molecule has 0 rings (SSSR count). The van der Waals surface area contributed by atoms with Gasteiger partial charge in [0.05, 0.1) is 0 Å². The Morgan fingerprint density at radius 2 is 0.727 bits per heavy atom. The molecule has 0 aliphatic heterocycles. The Morgan fingerprint density at radius 1 is 0.545 bits per heavy atom. The van der Waals surface area contributed by atoms with Gasteiger partial charge in [-0.3, -0.25) is 0 Å². The van der Waals surface area contributed by atoms with Gasteiger partial charge < -0.3 is 0 Å². The Balaban J connectivity index is 4.67. The second-order valence-corrected chi connectivity index (χ2v) is 8.62. The van der Waals surface area contributed by atoms with Crippen LogP contribution in [0.1, 0.15) is 0 Å². The molecule has 0 radical (unpaired) electrons. The van der Waals surface area contributed by atoms with Gasteiger partial charge in [-0.25, -0.2) is 0 Å². The first-order chi connectivity index (χ1) is 5.12. The van der Waals surface area contributed by atoms with Crippen molar-refractivity contribution in [2.75, 3.05) is 35.5 Å². The van der Waals surface area contributed by atoms with Gasteiger partial charge in [-0.1, -0.05) is 0 Å². The summed E-state index contributed by atoms with van der Waals surface area (Å²) in [6.45, 7) is 0. The van der Waals surface area contributed by atoms with E-state index in [0.717, 1.165) is 0 Å². The molecule has 0 spiro atoms. The Morgan fingerprint density at radius 3 is 0.727 bits per heavy atom. The SMILES string of the molecule is CO[As](OC)(OC)(OC)OC. The summed E-state index contributed by atoms with van der Waals surface area (Å²) >= 11 is -4.22. The van der Waals surface area contributed by atoms with E-state index in [1.807, 2.05) is 0 Å². The van der Waals surface area contributed by atoms with Crippen LogP contribution in [0, 0.1) is 0 Å². The van der Waals surface area contributed by atoms with E-state index in [1.54, 1.807) is 0 Å². The summed E-state index contributed by atoms with van der Waals surface area (Å²) in [6.07, 6.45) is 0. The van der Waals surface area contributed by atoms with Crippen molar-refractivity contribution >= 4 is 14.2 Å². The van der Waals surface area contributed by atoms with Gasteiger partial charge in [0, 0.05) is 0 Å². The van der Waals surface area contributed by atoms with Crippen molar-refractivity contribution in [2.45, 2.75) is 0 Å². The van der Waals surface area contributed by atoms with E-state index in [4.69, 9.17) is 18.6 Å². The maximum absolute atomic E-state index is 5.01. The van der Waals surface area contributed by atoms with Crippen molar-refractivity contribution in [3.05, 3.63) is 0 Å². The van der Waals surface area contributed by atoms with Crippen LogP contribution in [-0.4, -0.2) is 49.7 Å². The zero-order chi connectivity index (χ0) is 8.98. The molecule has 0 amide bonds. The van der Waals surface area contributed by atoms with Gasteiger partial charge in [-0.2, -0.15) is 0 Å². The van der Waals surface area contributed by atoms with Gasteiger partial charge >= 0.3 is 68.3 Å². The second-order valence-electron chi connectivity index (χ2n) is 1.66. The number of rotatable bonds is 5. The first kappa shape index (κ1) is 11.4. The molecule has 0 fully saturated rings. The molecule has 0 aliphatic rings. The number of hydrogen-bond acceptors (Lipinski definition) is 5. The molecule has 0 saturated heterocycles. The quantitative estimate of drug-likeness (QED) is 0.627. The summed E-state index contributed by atoms with van der Waals surface area (Å²) in [5, 5.41) is 0. The molecular formula is C5H15AsO5. The van der Waals surface area contributed by atoms with Gasteiger partial charge in [0.25, 0.3) is 0 Å². The molecule has 0 aromatic heterocycles. The van der Waals surface area contributed by atoms with E-state index in [9.17, 15) is 0 Å². The molecule has 70 valence electrons. The fourth-order valence-corrected chi connectivity index (χ4v) is 3.87. The maximum atomic E-state index is 5.01. The van der Waals surface area contributed by atoms with Crippen LogP contribution < -0.4 is 0 Å². The molecular weight excluding hydrogens is 215 g/mol. The first-order valence-corrected chi connectivity index (χ1v) is 6.78. The second kappa shape index (κ2) is 3.85. The number of hydrogen-bond donors (Lipinski definition) is 0. The third kappa shape index (κ3) is 1.75. The molecule has 0 aromatic rings. The van der Waals surface area contributed by atoms with Crippen molar-refractivity contribution in [3.63, 3.8) is 0 Å². The standard InChI is InChI=1S/C5H15AsO5/c1-7-6(8-2,9-3,10-4)11-5/h1-5H3. The predicted octanol–water partition coefficient (Wildman–Crippen LogP) is 0.105. The summed E-state index contributed by atoms with van der Waals surface area (Å²) in [7, 11) is 7.11. The van der Waals surface area contributed by atoms with E-state index in [2.05, 4.69) is 0 Å². The Hall–Kier alpha value is 0.358. The minimum atomic E-state index is -4.22. The Labute approximate surface area is 68.9 Å². The van der Waals surface area contributed by atoms with Crippen LogP contribution in [0.5, 0.6) is 0 Å². The molecule has 0 heterocycles. The van der Waals surface area contributed by atoms with Gasteiger partial charge in [0.15, 0.2) is 0 Å². The van der Waals surface area contributed by atoms with Crippen molar-refractivity contribution < 1.29 is 18.6 Å². The summed E-state index contributed by atoms with van der Waals surface area (Å²) in [5.74, 6) is 0. The van der Waals surface area contributed by atoms with Gasteiger partial charge in [0.2, 0.25) is 0 Å². The topological polar surface area (TPSA) is 46.2 Å². The van der Waals surface area contributed by atoms with E-state index >= 15 is 0 Å². The monoisotopic (exact) mass is 230 g/mol. The predicted molar refractivity (Wildman–Crippen MR) is 40.8 cm³/mol. The van der Waals surface area contributed by atoms with E-state index < -0.39 is 14.2 Å². The Kier molecular flexibility index (Phi) is 3.97. The molecule has 6 heteroatoms. The van der Waals surface area contributed by atoms with Crippen LogP contribution in [0.4, 0.5) is 0 Å². The van der Waals surface area contributed by atoms with Crippen molar-refractivity contribution in [3.8, 4) is 0 Å². The van der Waals surface area contributed by atoms with E-state index in [-0.39, 0.29) is 0 Å². The molecule has 5 nitrogen and oxygen atoms in total. The zero-order valence-corrected chi connectivity index (χ0v) is 9.37. The van der Waals surface area contributed by atoms with E-state index in [0.29, 0.717) is 0 Å². The van der Waals surface area contributed by atoms with Crippen molar-refractivity contribution in [2.24, 2.45) is 0 Å². The van der Waals surface area contributed by atoms with Gasteiger partial charge in [0.1, 0.15) is 0 Å². The third-order valence-corrected chi connectivity index (χ3v) is 7.75. The average molecular weight is 230 g/mol. The Bertz CT molecular complexity index is 87.2. The van der Waals surface area contributed by atoms with Crippen LogP contribution in [-0.2, 0) is 18.6 Å². The van der Waals surface area contributed by atoms with Crippen molar-refractivity contribution in [1.29, 1.82) is 0 Å². The molecule has 0 bridgehead atoms. The van der Waals surface area contributed by atoms with Crippen LogP contribution in [0.25, 0.3) is 0 Å². The first-order valence-electron chi connectivity index (χ1n) is 2.95. The summed E-state index contributed by atoms with van der Waals surface area (Å²) in [5.41, 5.74) is 0. The summed E-state index contributed by atoms with van der Waals surface area (Å²) in [6, 6.07) is 0. The normalized spacial score (nSPS) is 15.9. The van der Waals surface area contributed by atoms with E-state index in [1.165, 1.54) is 35.5 Å².